The Hall–Kier alpha value is -2.26. The van der Waals surface area contributed by atoms with Gasteiger partial charge in [0.2, 0.25) is 5.72 Å². The van der Waals surface area contributed by atoms with Crippen LogP contribution in [0.3, 0.4) is 0 Å². The summed E-state index contributed by atoms with van der Waals surface area (Å²) in [5.74, 6) is 0. The van der Waals surface area contributed by atoms with Crippen LogP contribution in [0.1, 0.15) is 18.1 Å². The second kappa shape index (κ2) is 4.44. The van der Waals surface area contributed by atoms with Gasteiger partial charge >= 0.3 is 0 Å². The lowest BCUT2D eigenvalue weighted by Gasteiger charge is -2.20. The molecule has 0 bridgehead atoms. The van der Waals surface area contributed by atoms with Crippen molar-refractivity contribution >= 4 is 5.70 Å². The van der Waals surface area contributed by atoms with Gasteiger partial charge in [-0.05, 0) is 6.92 Å². The summed E-state index contributed by atoms with van der Waals surface area (Å²) in [4.78, 5) is 0. The number of nitrogens with zero attached hydrogens (tertiary/aromatic N) is 2. The first-order valence-corrected chi connectivity index (χ1v) is 6.19. The Morgan fingerprint density at radius 3 is 2.11 bits per heavy atom. The van der Waals surface area contributed by atoms with E-state index in [1.54, 1.807) is 0 Å². The van der Waals surface area contributed by atoms with E-state index in [0.717, 1.165) is 22.4 Å². The molecule has 1 atom stereocenters. The van der Waals surface area contributed by atoms with Gasteiger partial charge < -0.3 is 5.11 Å². The highest BCUT2D eigenvalue weighted by atomic mass is 16.3. The van der Waals surface area contributed by atoms with Gasteiger partial charge in [0.1, 0.15) is 0 Å². The minimum atomic E-state index is -1.34. The van der Waals surface area contributed by atoms with Gasteiger partial charge in [-0.15, -0.1) is 5.11 Å². The molecule has 1 aliphatic rings. The zero-order valence-electron chi connectivity index (χ0n) is 10.6. The van der Waals surface area contributed by atoms with Crippen molar-refractivity contribution in [1.82, 2.24) is 0 Å². The van der Waals surface area contributed by atoms with E-state index in [0.29, 0.717) is 0 Å². The van der Waals surface area contributed by atoms with Gasteiger partial charge in [-0.2, -0.15) is 5.11 Å². The third kappa shape index (κ3) is 1.88. The van der Waals surface area contributed by atoms with E-state index in [9.17, 15) is 5.11 Å². The van der Waals surface area contributed by atoms with E-state index >= 15 is 0 Å². The fourth-order valence-electron chi connectivity index (χ4n) is 2.25. The molecular formula is C16H14N2O. The average Bonchev–Trinajstić information content (AvgIpc) is 2.78. The van der Waals surface area contributed by atoms with Crippen molar-refractivity contribution in [2.24, 2.45) is 10.2 Å². The second-order valence-electron chi connectivity index (χ2n) is 4.58. The molecule has 0 saturated heterocycles. The summed E-state index contributed by atoms with van der Waals surface area (Å²) < 4.78 is 0. The molecule has 1 N–H and O–H groups in total. The number of rotatable bonds is 2. The quantitative estimate of drug-likeness (QED) is 0.867. The number of hydrogen-bond acceptors (Lipinski definition) is 3. The first kappa shape index (κ1) is 11.8. The fourth-order valence-corrected chi connectivity index (χ4v) is 2.25. The predicted octanol–water partition coefficient (Wildman–Crippen LogP) is 3.73. The van der Waals surface area contributed by atoms with Crippen molar-refractivity contribution in [2.75, 3.05) is 0 Å². The summed E-state index contributed by atoms with van der Waals surface area (Å²) in [6.07, 6.45) is 0. The molecule has 3 rings (SSSR count). The maximum absolute atomic E-state index is 10.7. The zero-order chi connectivity index (χ0) is 13.3. The monoisotopic (exact) mass is 250 g/mol. The predicted molar refractivity (Wildman–Crippen MR) is 74.2 cm³/mol. The fraction of sp³-hybridized carbons (Fsp3) is 0.125. The average molecular weight is 250 g/mol. The van der Waals surface area contributed by atoms with Gasteiger partial charge in [-0.3, -0.25) is 0 Å². The first-order chi connectivity index (χ1) is 9.22. The Morgan fingerprint density at radius 1 is 0.895 bits per heavy atom. The summed E-state index contributed by atoms with van der Waals surface area (Å²) in [7, 11) is 0. The SMILES string of the molecule is CC1=C(c2ccccc2)N=NC1(O)c1ccccc1. The molecule has 0 radical (unpaired) electrons. The van der Waals surface area contributed by atoms with Gasteiger partial charge in [-0.1, -0.05) is 60.7 Å². The Morgan fingerprint density at radius 2 is 1.47 bits per heavy atom. The third-order valence-corrected chi connectivity index (χ3v) is 3.40. The molecular weight excluding hydrogens is 236 g/mol. The van der Waals surface area contributed by atoms with E-state index in [1.807, 2.05) is 67.6 Å². The lowest BCUT2D eigenvalue weighted by atomic mass is 9.94. The smallest absolute Gasteiger partial charge is 0.227 e. The summed E-state index contributed by atoms with van der Waals surface area (Å²) in [5, 5.41) is 19.0. The number of benzene rings is 2. The Kier molecular flexibility index (Phi) is 2.76. The highest BCUT2D eigenvalue weighted by molar-refractivity contribution is 5.70. The van der Waals surface area contributed by atoms with Gasteiger partial charge in [-0.25, -0.2) is 0 Å². The maximum atomic E-state index is 10.7. The molecule has 1 heterocycles. The maximum Gasteiger partial charge on any atom is 0.227 e. The Bertz CT molecular complexity index is 647. The molecule has 0 aliphatic carbocycles. The first-order valence-electron chi connectivity index (χ1n) is 6.19. The molecule has 0 amide bonds. The van der Waals surface area contributed by atoms with Crippen LogP contribution >= 0.6 is 0 Å². The van der Waals surface area contributed by atoms with Crippen molar-refractivity contribution in [3.63, 3.8) is 0 Å². The summed E-state index contributed by atoms with van der Waals surface area (Å²) in [5.41, 5.74) is 1.86. The van der Waals surface area contributed by atoms with Crippen LogP contribution in [0.4, 0.5) is 0 Å². The van der Waals surface area contributed by atoms with Crippen LogP contribution in [0.5, 0.6) is 0 Å². The Labute approximate surface area is 111 Å². The van der Waals surface area contributed by atoms with Gasteiger partial charge in [0.05, 0.1) is 5.70 Å². The highest BCUT2D eigenvalue weighted by Crippen LogP contribution is 2.41. The van der Waals surface area contributed by atoms with Gasteiger partial charge in [0, 0.05) is 16.7 Å². The number of aliphatic hydroxyl groups is 1. The van der Waals surface area contributed by atoms with Crippen molar-refractivity contribution in [1.29, 1.82) is 0 Å². The molecule has 2 aromatic rings. The van der Waals surface area contributed by atoms with Crippen molar-refractivity contribution in [3.8, 4) is 0 Å². The van der Waals surface area contributed by atoms with Crippen molar-refractivity contribution < 1.29 is 5.11 Å². The molecule has 2 aromatic carbocycles. The van der Waals surface area contributed by atoms with Crippen LogP contribution in [-0.2, 0) is 5.72 Å². The molecule has 19 heavy (non-hydrogen) atoms. The molecule has 1 aliphatic heterocycles. The summed E-state index contributed by atoms with van der Waals surface area (Å²) in [6, 6.07) is 19.2. The van der Waals surface area contributed by atoms with Crippen LogP contribution in [0.25, 0.3) is 5.70 Å². The summed E-state index contributed by atoms with van der Waals surface area (Å²) >= 11 is 0. The van der Waals surface area contributed by atoms with Crippen LogP contribution in [0.15, 0.2) is 76.5 Å². The minimum absolute atomic E-state index is 0.738. The number of hydrogen-bond donors (Lipinski definition) is 1. The molecule has 0 fully saturated rings. The van der Waals surface area contributed by atoms with Crippen LogP contribution in [-0.4, -0.2) is 5.11 Å². The van der Waals surface area contributed by atoms with Crippen molar-refractivity contribution in [3.05, 3.63) is 77.4 Å². The van der Waals surface area contributed by atoms with E-state index < -0.39 is 5.72 Å². The largest absolute Gasteiger partial charge is 0.361 e. The standard InChI is InChI=1S/C16H14N2O/c1-12-15(13-8-4-2-5-9-13)17-18-16(12,19)14-10-6-3-7-11-14/h2-11,19H,1H3. The minimum Gasteiger partial charge on any atom is -0.361 e. The molecule has 94 valence electrons. The number of azo groups is 1. The molecule has 0 saturated carbocycles. The lowest BCUT2D eigenvalue weighted by Crippen LogP contribution is -2.22. The van der Waals surface area contributed by atoms with Gasteiger partial charge in [0.25, 0.3) is 0 Å². The Balaban J connectivity index is 2.09. The van der Waals surface area contributed by atoms with Gasteiger partial charge in [0.15, 0.2) is 0 Å². The van der Waals surface area contributed by atoms with E-state index in [1.165, 1.54) is 0 Å². The molecule has 1 unspecified atom stereocenters. The highest BCUT2D eigenvalue weighted by Gasteiger charge is 2.37. The molecule has 0 spiro atoms. The third-order valence-electron chi connectivity index (χ3n) is 3.40. The van der Waals surface area contributed by atoms with Crippen LogP contribution in [0, 0.1) is 0 Å². The van der Waals surface area contributed by atoms with E-state index in [-0.39, 0.29) is 0 Å². The summed E-state index contributed by atoms with van der Waals surface area (Å²) in [6.45, 7) is 1.87. The molecule has 3 nitrogen and oxygen atoms in total. The normalized spacial score (nSPS) is 22.0. The zero-order valence-corrected chi connectivity index (χ0v) is 10.6. The topological polar surface area (TPSA) is 45.0 Å². The van der Waals surface area contributed by atoms with Crippen LogP contribution in [0.2, 0.25) is 0 Å². The second-order valence-corrected chi connectivity index (χ2v) is 4.58. The van der Waals surface area contributed by atoms with Crippen molar-refractivity contribution in [2.45, 2.75) is 12.6 Å². The van der Waals surface area contributed by atoms with Crippen LogP contribution < -0.4 is 0 Å². The molecule has 3 heteroatoms. The lowest BCUT2D eigenvalue weighted by molar-refractivity contribution is 0.0855. The molecule has 0 aromatic heterocycles. The van der Waals surface area contributed by atoms with E-state index in [4.69, 9.17) is 0 Å². The van der Waals surface area contributed by atoms with E-state index in [2.05, 4.69) is 10.2 Å².